The molecule has 0 unspecified atom stereocenters. The van der Waals surface area contributed by atoms with Crippen LogP contribution in [0.4, 0.5) is 4.79 Å². The fourth-order valence-corrected chi connectivity index (χ4v) is 5.05. The van der Waals surface area contributed by atoms with Gasteiger partial charge >= 0.3 is 6.09 Å². The van der Waals surface area contributed by atoms with Gasteiger partial charge in [-0.1, -0.05) is 71.9 Å². The number of Topliss-reactive ketones (excluding diaryl/α,β-unsaturated/α-hetero) is 2. The number of likely N-dealkylation sites (tertiary alicyclic amines) is 2. The highest BCUT2D eigenvalue weighted by Crippen LogP contribution is 2.31. The highest BCUT2D eigenvalue weighted by molar-refractivity contribution is 5.92. The van der Waals surface area contributed by atoms with Crippen LogP contribution in [0, 0.1) is 10.8 Å². The van der Waals surface area contributed by atoms with Gasteiger partial charge in [-0.3, -0.25) is 19.3 Å². The average molecular weight is 559 g/mol. The fraction of sp³-hybridized carbons (Fsp3) is 0.688. The SMILES string of the molecule is CC(=O)N1CCC[C@H]1C(=O)C(C)(C)C.CC(C)(C)O[C@@H]1C[C@@H](C(=O)C(C)(C)C)N(C(=O)OCc2ccccc2)C1. The molecule has 224 valence electrons. The molecule has 2 aliphatic rings. The first-order valence-corrected chi connectivity index (χ1v) is 14.3. The molecule has 8 nitrogen and oxygen atoms in total. The Morgan fingerprint density at radius 2 is 1.38 bits per heavy atom. The lowest BCUT2D eigenvalue weighted by Crippen LogP contribution is -2.45. The van der Waals surface area contributed by atoms with Gasteiger partial charge in [-0.15, -0.1) is 0 Å². The largest absolute Gasteiger partial charge is 0.445 e. The van der Waals surface area contributed by atoms with Gasteiger partial charge in [0.1, 0.15) is 6.61 Å². The van der Waals surface area contributed by atoms with Crippen LogP contribution in [0.5, 0.6) is 0 Å². The molecule has 3 rings (SSSR count). The number of ketones is 2. The minimum Gasteiger partial charge on any atom is -0.445 e. The van der Waals surface area contributed by atoms with Gasteiger partial charge in [0, 0.05) is 30.7 Å². The summed E-state index contributed by atoms with van der Waals surface area (Å²) < 4.78 is 11.5. The normalized spacial score (nSPS) is 21.5. The second-order valence-corrected chi connectivity index (χ2v) is 13.9. The van der Waals surface area contributed by atoms with E-state index in [0.717, 1.165) is 24.9 Å². The summed E-state index contributed by atoms with van der Waals surface area (Å²) in [5, 5.41) is 0. The second-order valence-electron chi connectivity index (χ2n) is 13.9. The molecule has 2 heterocycles. The molecule has 0 N–H and O–H groups in total. The summed E-state index contributed by atoms with van der Waals surface area (Å²) >= 11 is 0. The maximum Gasteiger partial charge on any atom is 0.410 e. The standard InChI is InChI=1S/C21H31NO4.C11H19NO2/c1-20(2,3)18(23)17-12-16(26-21(4,5)6)13-22(17)19(24)25-14-15-10-8-7-9-11-15;1-8(13)12-7-5-6-9(12)10(14)11(2,3)4/h7-11,16-17H,12-14H2,1-6H3;9H,5-7H2,1-4H3/t16-,17+;9-/m10/s1. The number of ether oxygens (including phenoxy) is 2. The van der Waals surface area contributed by atoms with Crippen LogP contribution in [-0.4, -0.2) is 70.2 Å². The van der Waals surface area contributed by atoms with Crippen LogP contribution in [-0.2, 0) is 30.5 Å². The van der Waals surface area contributed by atoms with E-state index >= 15 is 0 Å². The van der Waals surface area contributed by atoms with Crippen LogP contribution in [0.3, 0.4) is 0 Å². The predicted octanol–water partition coefficient (Wildman–Crippen LogP) is 5.81. The van der Waals surface area contributed by atoms with Gasteiger partial charge in [0.25, 0.3) is 0 Å². The molecule has 1 aromatic rings. The van der Waals surface area contributed by atoms with Crippen molar-refractivity contribution in [2.24, 2.45) is 10.8 Å². The Morgan fingerprint density at radius 3 is 1.88 bits per heavy atom. The summed E-state index contributed by atoms with van der Waals surface area (Å²) in [6, 6.07) is 8.84. The predicted molar refractivity (Wildman–Crippen MR) is 156 cm³/mol. The topological polar surface area (TPSA) is 93.2 Å². The van der Waals surface area contributed by atoms with E-state index < -0.39 is 17.6 Å². The third-order valence-corrected chi connectivity index (χ3v) is 6.96. The Balaban J connectivity index is 0.000000337. The molecule has 1 aromatic carbocycles. The van der Waals surface area contributed by atoms with E-state index in [9.17, 15) is 19.2 Å². The number of carbonyl (C=O) groups is 4. The van der Waals surface area contributed by atoms with Crippen molar-refractivity contribution in [2.75, 3.05) is 13.1 Å². The number of carbonyl (C=O) groups excluding carboxylic acids is 4. The van der Waals surface area contributed by atoms with Crippen molar-refractivity contribution >= 4 is 23.6 Å². The molecule has 0 spiro atoms. The van der Waals surface area contributed by atoms with Crippen molar-refractivity contribution < 1.29 is 28.7 Å². The van der Waals surface area contributed by atoms with E-state index in [4.69, 9.17) is 9.47 Å². The fourth-order valence-electron chi connectivity index (χ4n) is 5.05. The number of rotatable bonds is 5. The Kier molecular flexibility index (Phi) is 11.1. The van der Waals surface area contributed by atoms with E-state index in [1.807, 2.05) is 92.6 Å². The van der Waals surface area contributed by atoms with Crippen molar-refractivity contribution in [2.45, 2.75) is 119 Å². The molecule has 2 saturated heterocycles. The molecular weight excluding hydrogens is 508 g/mol. The van der Waals surface area contributed by atoms with Gasteiger partial charge < -0.3 is 14.4 Å². The zero-order chi connectivity index (χ0) is 30.5. The third-order valence-electron chi connectivity index (χ3n) is 6.96. The maximum absolute atomic E-state index is 12.9. The molecule has 2 fully saturated rings. The first-order chi connectivity index (χ1) is 18.3. The summed E-state index contributed by atoms with van der Waals surface area (Å²) in [6.07, 6.45) is 1.65. The molecule has 8 heteroatoms. The van der Waals surface area contributed by atoms with E-state index in [2.05, 4.69) is 0 Å². The van der Waals surface area contributed by atoms with Gasteiger partial charge in [-0.25, -0.2) is 4.79 Å². The van der Waals surface area contributed by atoms with Crippen molar-refractivity contribution in [3.63, 3.8) is 0 Å². The minimum absolute atomic E-state index is 0.0186. The van der Waals surface area contributed by atoms with Crippen molar-refractivity contribution in [3.8, 4) is 0 Å². The third kappa shape index (κ3) is 9.72. The molecule has 0 bridgehead atoms. The average Bonchev–Trinajstić information content (AvgIpc) is 3.48. The Bertz CT molecular complexity index is 1030. The van der Waals surface area contributed by atoms with Crippen LogP contribution < -0.4 is 0 Å². The highest BCUT2D eigenvalue weighted by atomic mass is 16.6. The quantitative estimate of drug-likeness (QED) is 0.453. The van der Waals surface area contributed by atoms with Crippen LogP contribution in [0.2, 0.25) is 0 Å². The first-order valence-electron chi connectivity index (χ1n) is 14.3. The molecular formula is C32H50N2O6. The van der Waals surface area contributed by atoms with Crippen LogP contribution in [0.15, 0.2) is 30.3 Å². The highest BCUT2D eigenvalue weighted by Gasteiger charge is 2.45. The zero-order valence-electron chi connectivity index (χ0n) is 26.2. The van der Waals surface area contributed by atoms with Crippen molar-refractivity contribution in [1.29, 1.82) is 0 Å². The van der Waals surface area contributed by atoms with Crippen molar-refractivity contribution in [1.82, 2.24) is 9.80 Å². The summed E-state index contributed by atoms with van der Waals surface area (Å²) in [4.78, 5) is 52.0. The Labute approximate surface area is 240 Å². The van der Waals surface area contributed by atoms with E-state index in [-0.39, 0.29) is 47.2 Å². The monoisotopic (exact) mass is 558 g/mol. The molecule has 2 amide bonds. The molecule has 2 aliphatic heterocycles. The number of hydrogen-bond acceptors (Lipinski definition) is 6. The lowest BCUT2D eigenvalue weighted by atomic mass is 9.85. The molecule has 0 aliphatic carbocycles. The number of benzene rings is 1. The van der Waals surface area contributed by atoms with Crippen LogP contribution in [0.1, 0.15) is 94.1 Å². The Morgan fingerprint density at radius 1 is 0.825 bits per heavy atom. The number of amides is 2. The summed E-state index contributed by atoms with van der Waals surface area (Å²) in [5.41, 5.74) is -0.285. The zero-order valence-corrected chi connectivity index (χ0v) is 26.2. The lowest BCUT2D eigenvalue weighted by Gasteiger charge is -2.28. The van der Waals surface area contributed by atoms with E-state index in [0.29, 0.717) is 13.0 Å². The number of hydrogen-bond donors (Lipinski definition) is 0. The van der Waals surface area contributed by atoms with E-state index in [1.54, 1.807) is 4.90 Å². The minimum atomic E-state index is -0.529. The molecule has 3 atom stereocenters. The lowest BCUT2D eigenvalue weighted by molar-refractivity contribution is -0.139. The van der Waals surface area contributed by atoms with Crippen molar-refractivity contribution in [3.05, 3.63) is 35.9 Å². The van der Waals surface area contributed by atoms with Crippen LogP contribution >= 0.6 is 0 Å². The molecule has 0 radical (unpaired) electrons. The van der Waals surface area contributed by atoms with Gasteiger partial charge in [-0.05, 0) is 39.2 Å². The Hall–Kier alpha value is -2.74. The first kappa shape index (κ1) is 33.5. The summed E-state index contributed by atoms with van der Waals surface area (Å²) in [7, 11) is 0. The number of nitrogens with zero attached hydrogens (tertiary/aromatic N) is 2. The summed E-state index contributed by atoms with van der Waals surface area (Å²) in [6.45, 7) is 20.1. The molecule has 0 aromatic heterocycles. The van der Waals surface area contributed by atoms with E-state index in [1.165, 1.54) is 11.8 Å². The van der Waals surface area contributed by atoms with Gasteiger partial charge in [0.2, 0.25) is 5.91 Å². The molecule has 0 saturated carbocycles. The second kappa shape index (κ2) is 13.3. The van der Waals surface area contributed by atoms with Gasteiger partial charge in [0.05, 0.1) is 30.3 Å². The van der Waals surface area contributed by atoms with Crippen LogP contribution in [0.25, 0.3) is 0 Å². The molecule has 40 heavy (non-hydrogen) atoms. The van der Waals surface area contributed by atoms with Gasteiger partial charge in [-0.2, -0.15) is 0 Å². The van der Waals surface area contributed by atoms with Gasteiger partial charge in [0.15, 0.2) is 11.6 Å². The maximum atomic E-state index is 12.9. The summed E-state index contributed by atoms with van der Waals surface area (Å²) in [5.74, 6) is 0.240. The smallest absolute Gasteiger partial charge is 0.410 e.